The lowest BCUT2D eigenvalue weighted by atomic mass is 9.91. The van der Waals surface area contributed by atoms with Crippen LogP contribution < -0.4 is 10.4 Å². The van der Waals surface area contributed by atoms with Gasteiger partial charge in [-0.05, 0) is 32.4 Å². The number of rotatable bonds is 4. The maximum Gasteiger partial charge on any atom is 0.248 e. The lowest BCUT2D eigenvalue weighted by molar-refractivity contribution is -0.129. The van der Waals surface area contributed by atoms with Gasteiger partial charge in [-0.25, -0.2) is 0 Å². The number of carbonyl (C=O) groups excluding carboxylic acids is 1. The van der Waals surface area contributed by atoms with Crippen LogP contribution in [-0.4, -0.2) is 18.7 Å². The molecule has 1 atom stereocenters. The quantitative estimate of drug-likeness (QED) is 0.889. The number of ether oxygens (including phenoxy) is 1. The molecular formula is C14H20N2O2. The minimum absolute atomic E-state index is 0.00699. The highest BCUT2D eigenvalue weighted by Gasteiger charge is 2.48. The maximum atomic E-state index is 12.0. The number of hydrogen-bond donors (Lipinski definition) is 1. The van der Waals surface area contributed by atoms with E-state index in [9.17, 15) is 4.79 Å². The van der Waals surface area contributed by atoms with Gasteiger partial charge < -0.3 is 4.74 Å². The standard InChI is InChI=1S/C14H20N2O2/c1-4-10-18-13-14(2,3)12(17)15-16(13)11-8-6-5-7-9-11/h5-9,13H,4,10H2,1-3H3,(H,15,17). The molecule has 1 aliphatic heterocycles. The molecule has 1 amide bonds. The third kappa shape index (κ3) is 2.20. The first kappa shape index (κ1) is 12.9. The van der Waals surface area contributed by atoms with Gasteiger partial charge in [-0.15, -0.1) is 0 Å². The van der Waals surface area contributed by atoms with Crippen molar-refractivity contribution in [2.24, 2.45) is 5.41 Å². The Balaban J connectivity index is 2.26. The lowest BCUT2D eigenvalue weighted by Gasteiger charge is -2.30. The summed E-state index contributed by atoms with van der Waals surface area (Å²) in [6.45, 7) is 6.52. The fourth-order valence-corrected chi connectivity index (χ4v) is 2.05. The molecule has 1 aromatic carbocycles. The highest BCUT2D eigenvalue weighted by Crippen LogP contribution is 2.34. The summed E-state index contributed by atoms with van der Waals surface area (Å²) in [5, 5.41) is 1.82. The van der Waals surface area contributed by atoms with Gasteiger partial charge in [-0.2, -0.15) is 0 Å². The van der Waals surface area contributed by atoms with Gasteiger partial charge in [0.2, 0.25) is 5.91 Å². The van der Waals surface area contributed by atoms with E-state index >= 15 is 0 Å². The Morgan fingerprint density at radius 2 is 2.00 bits per heavy atom. The van der Waals surface area contributed by atoms with Gasteiger partial charge in [0.25, 0.3) is 0 Å². The summed E-state index contributed by atoms with van der Waals surface area (Å²) in [6.07, 6.45) is 0.663. The van der Waals surface area contributed by atoms with Crippen LogP contribution in [0.5, 0.6) is 0 Å². The van der Waals surface area contributed by atoms with Crippen molar-refractivity contribution in [2.75, 3.05) is 11.6 Å². The largest absolute Gasteiger partial charge is 0.355 e. The monoisotopic (exact) mass is 248 g/mol. The van der Waals surface area contributed by atoms with Crippen LogP contribution in [0.2, 0.25) is 0 Å². The van der Waals surface area contributed by atoms with Gasteiger partial charge in [-0.3, -0.25) is 15.2 Å². The van der Waals surface area contributed by atoms with E-state index in [4.69, 9.17) is 4.74 Å². The summed E-state index contributed by atoms with van der Waals surface area (Å²) < 4.78 is 5.85. The second-order valence-corrected chi connectivity index (χ2v) is 5.09. The molecule has 1 aliphatic rings. The number of carbonyl (C=O) groups is 1. The van der Waals surface area contributed by atoms with Gasteiger partial charge in [0.05, 0.1) is 11.1 Å². The van der Waals surface area contributed by atoms with Crippen LogP contribution in [0.3, 0.4) is 0 Å². The summed E-state index contributed by atoms with van der Waals surface area (Å²) in [7, 11) is 0. The molecule has 1 fully saturated rings. The number of amides is 1. The zero-order valence-electron chi connectivity index (χ0n) is 11.1. The predicted octanol–water partition coefficient (Wildman–Crippen LogP) is 2.32. The fraction of sp³-hybridized carbons (Fsp3) is 0.500. The van der Waals surface area contributed by atoms with Crippen molar-refractivity contribution in [2.45, 2.75) is 33.4 Å². The number of para-hydroxylation sites is 1. The van der Waals surface area contributed by atoms with Crippen LogP contribution in [0.4, 0.5) is 5.69 Å². The van der Waals surface area contributed by atoms with Crippen LogP contribution in [0.1, 0.15) is 27.2 Å². The Morgan fingerprint density at radius 1 is 1.33 bits per heavy atom. The molecule has 0 saturated carbocycles. The van der Waals surface area contributed by atoms with E-state index in [2.05, 4.69) is 12.3 Å². The van der Waals surface area contributed by atoms with Gasteiger partial charge in [0.15, 0.2) is 6.23 Å². The van der Waals surface area contributed by atoms with E-state index in [0.29, 0.717) is 6.61 Å². The fourth-order valence-electron chi connectivity index (χ4n) is 2.05. The van der Waals surface area contributed by atoms with E-state index in [-0.39, 0.29) is 12.1 Å². The number of nitrogens with zero attached hydrogens (tertiary/aromatic N) is 1. The molecular weight excluding hydrogens is 228 g/mol. The van der Waals surface area contributed by atoms with Crippen LogP contribution in [0, 0.1) is 5.41 Å². The van der Waals surface area contributed by atoms with Crippen LogP contribution >= 0.6 is 0 Å². The highest BCUT2D eigenvalue weighted by molar-refractivity contribution is 5.87. The van der Waals surface area contributed by atoms with E-state index in [1.807, 2.05) is 49.2 Å². The number of nitrogens with one attached hydrogen (secondary N) is 1. The van der Waals surface area contributed by atoms with Crippen LogP contribution in [-0.2, 0) is 9.53 Å². The Labute approximate surface area is 108 Å². The summed E-state index contributed by atoms with van der Waals surface area (Å²) in [5.74, 6) is -0.00699. The second kappa shape index (κ2) is 4.98. The van der Waals surface area contributed by atoms with E-state index < -0.39 is 5.41 Å². The first-order valence-corrected chi connectivity index (χ1v) is 6.34. The van der Waals surface area contributed by atoms with E-state index in [0.717, 1.165) is 12.1 Å². The zero-order valence-corrected chi connectivity index (χ0v) is 11.1. The highest BCUT2D eigenvalue weighted by atomic mass is 16.5. The molecule has 98 valence electrons. The average molecular weight is 248 g/mol. The van der Waals surface area contributed by atoms with Gasteiger partial charge in [-0.1, -0.05) is 25.1 Å². The maximum absolute atomic E-state index is 12.0. The Bertz CT molecular complexity index is 417. The van der Waals surface area contributed by atoms with Crippen molar-refractivity contribution in [3.63, 3.8) is 0 Å². The van der Waals surface area contributed by atoms with Crippen molar-refractivity contribution in [3.8, 4) is 0 Å². The third-order valence-electron chi connectivity index (χ3n) is 3.17. The van der Waals surface area contributed by atoms with Crippen LogP contribution in [0.15, 0.2) is 30.3 Å². The van der Waals surface area contributed by atoms with Gasteiger partial charge in [0, 0.05) is 6.61 Å². The lowest BCUT2D eigenvalue weighted by Crippen LogP contribution is -2.42. The molecule has 0 aromatic heterocycles. The Hall–Kier alpha value is -1.55. The summed E-state index contributed by atoms with van der Waals surface area (Å²) >= 11 is 0. The molecule has 1 saturated heterocycles. The number of benzene rings is 1. The zero-order chi connectivity index (χ0) is 13.2. The van der Waals surface area contributed by atoms with E-state index in [1.54, 1.807) is 0 Å². The van der Waals surface area contributed by atoms with Gasteiger partial charge in [0.1, 0.15) is 0 Å². The topological polar surface area (TPSA) is 41.6 Å². The Kier molecular flexibility index (Phi) is 3.57. The molecule has 18 heavy (non-hydrogen) atoms. The SMILES string of the molecule is CCCOC1N(c2ccccc2)NC(=O)C1(C)C. The number of hydrogen-bond acceptors (Lipinski definition) is 3. The minimum atomic E-state index is -0.551. The Morgan fingerprint density at radius 3 is 2.61 bits per heavy atom. The first-order valence-electron chi connectivity index (χ1n) is 6.34. The first-order chi connectivity index (χ1) is 8.57. The molecule has 0 bridgehead atoms. The van der Waals surface area contributed by atoms with Crippen molar-refractivity contribution >= 4 is 11.6 Å². The molecule has 0 aliphatic carbocycles. The number of anilines is 1. The minimum Gasteiger partial charge on any atom is -0.355 e. The molecule has 1 aromatic rings. The molecule has 1 N–H and O–H groups in total. The van der Waals surface area contributed by atoms with E-state index in [1.165, 1.54) is 0 Å². The summed E-state index contributed by atoms with van der Waals surface area (Å²) in [6, 6.07) is 9.77. The molecule has 2 rings (SSSR count). The molecule has 1 unspecified atom stereocenters. The van der Waals surface area contributed by atoms with Crippen molar-refractivity contribution in [1.82, 2.24) is 5.43 Å². The van der Waals surface area contributed by atoms with Crippen LogP contribution in [0.25, 0.3) is 0 Å². The third-order valence-corrected chi connectivity index (χ3v) is 3.17. The van der Waals surface area contributed by atoms with Crippen molar-refractivity contribution in [3.05, 3.63) is 30.3 Å². The molecule has 0 spiro atoms. The van der Waals surface area contributed by atoms with Crippen molar-refractivity contribution in [1.29, 1.82) is 0 Å². The second-order valence-electron chi connectivity index (χ2n) is 5.09. The van der Waals surface area contributed by atoms with Gasteiger partial charge >= 0.3 is 0 Å². The number of hydrazine groups is 1. The predicted molar refractivity (Wildman–Crippen MR) is 70.9 cm³/mol. The summed E-state index contributed by atoms with van der Waals surface area (Å²) in [5.41, 5.74) is 3.28. The molecule has 4 nitrogen and oxygen atoms in total. The smallest absolute Gasteiger partial charge is 0.248 e. The molecule has 0 radical (unpaired) electrons. The molecule has 4 heteroatoms. The summed E-state index contributed by atoms with van der Waals surface area (Å²) in [4.78, 5) is 12.0. The normalized spacial score (nSPS) is 22.1. The molecule has 1 heterocycles. The van der Waals surface area contributed by atoms with Crippen molar-refractivity contribution < 1.29 is 9.53 Å². The average Bonchev–Trinajstić information content (AvgIpc) is 2.60.